The normalized spacial score (nSPS) is 23.0. The molecule has 106 valence electrons. The molecule has 1 N–H and O–H groups in total. The molecule has 0 aliphatic carbocycles. The molecule has 2 atom stereocenters. The van der Waals surface area contributed by atoms with Gasteiger partial charge in [-0.3, -0.25) is 0 Å². The third-order valence-electron chi connectivity index (χ3n) is 4.11. The monoisotopic (exact) mass is 261 g/mol. The number of anilines is 1. The summed E-state index contributed by atoms with van der Waals surface area (Å²) >= 11 is 0. The van der Waals surface area contributed by atoms with Gasteiger partial charge in [0.25, 0.3) is 0 Å². The molecule has 1 fully saturated rings. The first kappa shape index (κ1) is 14.3. The lowest BCUT2D eigenvalue weighted by Crippen LogP contribution is -2.36. The van der Waals surface area contributed by atoms with E-state index in [-0.39, 0.29) is 0 Å². The first-order valence-corrected chi connectivity index (χ1v) is 7.70. The Morgan fingerprint density at radius 3 is 2.95 bits per heavy atom. The highest BCUT2D eigenvalue weighted by Crippen LogP contribution is 2.32. The van der Waals surface area contributed by atoms with Crippen LogP contribution in [0.4, 0.5) is 5.82 Å². The van der Waals surface area contributed by atoms with Gasteiger partial charge < -0.3 is 10.2 Å². The van der Waals surface area contributed by atoms with Crippen molar-refractivity contribution in [2.75, 3.05) is 11.4 Å². The SMILES string of the molecule is CCCNCc1cccnc1N1C(C)CCC1CC. The van der Waals surface area contributed by atoms with Crippen molar-refractivity contribution in [1.29, 1.82) is 0 Å². The molecule has 2 unspecified atom stereocenters. The Morgan fingerprint density at radius 2 is 2.21 bits per heavy atom. The molecule has 0 amide bonds. The van der Waals surface area contributed by atoms with Crippen molar-refractivity contribution in [1.82, 2.24) is 10.3 Å². The third-order valence-corrected chi connectivity index (χ3v) is 4.11. The minimum Gasteiger partial charge on any atom is -0.351 e. The van der Waals surface area contributed by atoms with E-state index >= 15 is 0 Å². The summed E-state index contributed by atoms with van der Waals surface area (Å²) in [5.74, 6) is 1.20. The van der Waals surface area contributed by atoms with Gasteiger partial charge >= 0.3 is 0 Å². The summed E-state index contributed by atoms with van der Waals surface area (Å²) in [5.41, 5.74) is 1.34. The first-order chi connectivity index (χ1) is 9.27. The minimum atomic E-state index is 0.616. The lowest BCUT2D eigenvalue weighted by molar-refractivity contribution is 0.611. The molecule has 0 bridgehead atoms. The number of pyridine rings is 1. The number of nitrogens with one attached hydrogen (secondary N) is 1. The summed E-state index contributed by atoms with van der Waals surface area (Å²) in [4.78, 5) is 7.22. The zero-order valence-corrected chi connectivity index (χ0v) is 12.5. The average Bonchev–Trinajstić information content (AvgIpc) is 2.81. The van der Waals surface area contributed by atoms with Gasteiger partial charge in [0.1, 0.15) is 5.82 Å². The highest BCUT2D eigenvalue weighted by Gasteiger charge is 2.31. The van der Waals surface area contributed by atoms with E-state index < -0.39 is 0 Å². The Bertz CT molecular complexity index is 391. The molecule has 0 radical (unpaired) electrons. The van der Waals surface area contributed by atoms with E-state index in [1.54, 1.807) is 0 Å². The smallest absolute Gasteiger partial charge is 0.133 e. The second-order valence-corrected chi connectivity index (χ2v) is 5.56. The molecule has 0 saturated carbocycles. The lowest BCUT2D eigenvalue weighted by atomic mass is 10.1. The fourth-order valence-electron chi connectivity index (χ4n) is 3.05. The number of rotatable bonds is 6. The van der Waals surface area contributed by atoms with Crippen LogP contribution in [0.3, 0.4) is 0 Å². The molecule has 3 nitrogen and oxygen atoms in total. The maximum atomic E-state index is 4.67. The molecule has 2 heterocycles. The molecular weight excluding hydrogens is 234 g/mol. The van der Waals surface area contributed by atoms with Crippen LogP contribution in [0.15, 0.2) is 18.3 Å². The van der Waals surface area contributed by atoms with Crippen LogP contribution in [0.25, 0.3) is 0 Å². The predicted molar refractivity (Wildman–Crippen MR) is 81.5 cm³/mol. The number of nitrogens with zero attached hydrogens (tertiary/aromatic N) is 2. The Hall–Kier alpha value is -1.09. The Balaban J connectivity index is 2.18. The quantitative estimate of drug-likeness (QED) is 0.796. The van der Waals surface area contributed by atoms with Gasteiger partial charge in [-0.1, -0.05) is 19.9 Å². The van der Waals surface area contributed by atoms with Gasteiger partial charge in [-0.05, 0) is 45.2 Å². The highest BCUT2D eigenvalue weighted by molar-refractivity contribution is 5.49. The predicted octanol–water partition coefficient (Wildman–Crippen LogP) is 3.35. The number of hydrogen-bond donors (Lipinski definition) is 1. The third kappa shape index (κ3) is 3.27. The van der Waals surface area contributed by atoms with Gasteiger partial charge in [-0.2, -0.15) is 0 Å². The molecular formula is C16H27N3. The van der Waals surface area contributed by atoms with Crippen molar-refractivity contribution < 1.29 is 0 Å². The second kappa shape index (κ2) is 6.90. The molecule has 1 aromatic rings. The van der Waals surface area contributed by atoms with E-state index in [1.807, 2.05) is 12.3 Å². The fourth-order valence-corrected chi connectivity index (χ4v) is 3.05. The van der Waals surface area contributed by atoms with Gasteiger partial charge in [0.2, 0.25) is 0 Å². The van der Waals surface area contributed by atoms with Crippen LogP contribution in [0, 0.1) is 0 Å². The maximum absolute atomic E-state index is 4.67. The molecule has 0 spiro atoms. The van der Waals surface area contributed by atoms with E-state index in [4.69, 9.17) is 0 Å². The number of aromatic nitrogens is 1. The van der Waals surface area contributed by atoms with Gasteiger partial charge in [-0.15, -0.1) is 0 Å². The fraction of sp³-hybridized carbons (Fsp3) is 0.688. The molecule has 1 aliphatic heterocycles. The Morgan fingerprint density at radius 1 is 1.37 bits per heavy atom. The van der Waals surface area contributed by atoms with Crippen LogP contribution < -0.4 is 10.2 Å². The minimum absolute atomic E-state index is 0.616. The van der Waals surface area contributed by atoms with Crippen LogP contribution in [-0.2, 0) is 6.54 Å². The zero-order valence-electron chi connectivity index (χ0n) is 12.5. The van der Waals surface area contributed by atoms with Crippen molar-refractivity contribution in [3.05, 3.63) is 23.9 Å². The molecule has 1 aliphatic rings. The average molecular weight is 261 g/mol. The largest absolute Gasteiger partial charge is 0.351 e. The highest BCUT2D eigenvalue weighted by atomic mass is 15.3. The summed E-state index contributed by atoms with van der Waals surface area (Å²) in [6.07, 6.45) is 6.90. The lowest BCUT2D eigenvalue weighted by Gasteiger charge is -2.31. The molecule has 1 saturated heterocycles. The van der Waals surface area contributed by atoms with Crippen LogP contribution in [0.2, 0.25) is 0 Å². The maximum Gasteiger partial charge on any atom is 0.133 e. The van der Waals surface area contributed by atoms with Crippen LogP contribution in [0.5, 0.6) is 0 Å². The van der Waals surface area contributed by atoms with Crippen molar-refractivity contribution >= 4 is 5.82 Å². The molecule has 2 rings (SSSR count). The van der Waals surface area contributed by atoms with Gasteiger partial charge in [0.15, 0.2) is 0 Å². The van der Waals surface area contributed by atoms with Gasteiger partial charge in [-0.25, -0.2) is 4.98 Å². The van der Waals surface area contributed by atoms with Crippen LogP contribution in [-0.4, -0.2) is 23.6 Å². The van der Waals surface area contributed by atoms with Crippen molar-refractivity contribution in [3.8, 4) is 0 Å². The summed E-state index contributed by atoms with van der Waals surface area (Å²) in [6.45, 7) is 8.81. The summed E-state index contributed by atoms with van der Waals surface area (Å²) in [6, 6.07) is 5.54. The standard InChI is InChI=1S/C16H27N3/c1-4-10-17-12-14-7-6-11-18-16(14)19-13(3)8-9-15(19)5-2/h6-7,11,13,15,17H,4-5,8-10,12H2,1-3H3. The van der Waals surface area contributed by atoms with E-state index in [1.165, 1.54) is 37.1 Å². The van der Waals surface area contributed by atoms with Crippen molar-refractivity contribution in [2.45, 2.75) is 65.1 Å². The van der Waals surface area contributed by atoms with Crippen molar-refractivity contribution in [3.63, 3.8) is 0 Å². The van der Waals surface area contributed by atoms with E-state index in [0.717, 1.165) is 13.1 Å². The summed E-state index contributed by atoms with van der Waals surface area (Å²) in [5, 5.41) is 3.50. The van der Waals surface area contributed by atoms with Crippen LogP contribution >= 0.6 is 0 Å². The van der Waals surface area contributed by atoms with E-state index in [9.17, 15) is 0 Å². The topological polar surface area (TPSA) is 28.2 Å². The van der Waals surface area contributed by atoms with Crippen LogP contribution in [0.1, 0.15) is 52.0 Å². The Kier molecular flexibility index (Phi) is 5.20. The second-order valence-electron chi connectivity index (χ2n) is 5.56. The van der Waals surface area contributed by atoms with E-state index in [0.29, 0.717) is 12.1 Å². The molecule has 0 aromatic carbocycles. The molecule has 1 aromatic heterocycles. The molecule has 3 heteroatoms. The van der Waals surface area contributed by atoms with Gasteiger partial charge in [0, 0.05) is 30.4 Å². The summed E-state index contributed by atoms with van der Waals surface area (Å²) in [7, 11) is 0. The molecule has 19 heavy (non-hydrogen) atoms. The van der Waals surface area contributed by atoms with Gasteiger partial charge in [0.05, 0.1) is 0 Å². The summed E-state index contributed by atoms with van der Waals surface area (Å²) < 4.78 is 0. The van der Waals surface area contributed by atoms with Crippen molar-refractivity contribution in [2.24, 2.45) is 0 Å². The zero-order chi connectivity index (χ0) is 13.7. The first-order valence-electron chi connectivity index (χ1n) is 7.70. The Labute approximate surface area is 117 Å². The van der Waals surface area contributed by atoms with E-state index in [2.05, 4.69) is 42.0 Å². The number of hydrogen-bond acceptors (Lipinski definition) is 3.